The zero-order valence-electron chi connectivity index (χ0n) is 3.40. The van der Waals surface area contributed by atoms with Crippen LogP contribution in [0.3, 0.4) is 0 Å². The van der Waals surface area contributed by atoms with Crippen molar-refractivity contribution in [1.29, 1.82) is 0 Å². The van der Waals surface area contributed by atoms with E-state index in [4.69, 9.17) is 4.74 Å². The first-order chi connectivity index (χ1) is 1.89. The third kappa shape index (κ3) is 2.58. The molecule has 5 heavy (non-hydrogen) atoms. The van der Waals surface area contributed by atoms with E-state index in [1.807, 2.05) is 0 Å². The Balaban J connectivity index is 0.000000160. The van der Waals surface area contributed by atoms with Crippen LogP contribution in [0.15, 0.2) is 0 Å². The summed E-state index contributed by atoms with van der Waals surface area (Å²) in [5, 5.41) is 0. The van der Waals surface area contributed by atoms with Crippen molar-refractivity contribution in [2.75, 3.05) is 6.61 Å². The van der Waals surface area contributed by atoms with Crippen molar-refractivity contribution in [3.63, 3.8) is 0 Å². The fourth-order valence-corrected chi connectivity index (χ4v) is 0.0962. The second-order valence-electron chi connectivity index (χ2n) is 1.14. The third-order valence-corrected chi connectivity index (χ3v) is 0.500. The van der Waals surface area contributed by atoms with Crippen LogP contribution in [0.4, 0.5) is 0 Å². The van der Waals surface area contributed by atoms with E-state index in [1.165, 1.54) is 0 Å². The summed E-state index contributed by atoms with van der Waals surface area (Å²) >= 11 is 0. The van der Waals surface area contributed by atoms with Gasteiger partial charge in [0.2, 0.25) is 0 Å². The van der Waals surface area contributed by atoms with Crippen LogP contribution < -0.4 is 0 Å². The molecule has 0 bridgehead atoms. The Morgan fingerprint density at radius 2 is 2.00 bits per heavy atom. The SMILES string of the molecule is CC1CO1.[SbH3]. The molecule has 1 heterocycles. The normalized spacial score (nSPS) is 31.8. The number of hydrogen-bond acceptors (Lipinski definition) is 1. The molecule has 0 saturated carbocycles. The molecule has 32 valence electrons. The molecule has 1 nitrogen and oxygen atoms in total. The molecule has 1 aliphatic heterocycles. The molecular formula is C3H9OSb. The summed E-state index contributed by atoms with van der Waals surface area (Å²) in [6.07, 6.45) is 0.583. The molecule has 0 aromatic carbocycles. The molecule has 0 amide bonds. The van der Waals surface area contributed by atoms with Crippen LogP contribution in [0, 0.1) is 0 Å². The van der Waals surface area contributed by atoms with Gasteiger partial charge in [-0.05, 0) is 6.92 Å². The Labute approximate surface area is 49.1 Å². The van der Waals surface area contributed by atoms with Gasteiger partial charge in [-0.25, -0.2) is 0 Å². The zero-order chi connectivity index (χ0) is 2.99. The van der Waals surface area contributed by atoms with E-state index in [-0.39, 0.29) is 24.4 Å². The van der Waals surface area contributed by atoms with Crippen LogP contribution in [0.25, 0.3) is 0 Å². The van der Waals surface area contributed by atoms with Gasteiger partial charge < -0.3 is 4.74 Å². The second kappa shape index (κ2) is 2.04. The zero-order valence-corrected chi connectivity index (χ0v) is 7.44. The van der Waals surface area contributed by atoms with E-state index in [2.05, 4.69) is 6.92 Å². The van der Waals surface area contributed by atoms with Crippen LogP contribution in [0.2, 0.25) is 0 Å². The van der Waals surface area contributed by atoms with Crippen molar-refractivity contribution in [2.45, 2.75) is 13.0 Å². The van der Waals surface area contributed by atoms with Crippen molar-refractivity contribution in [2.24, 2.45) is 0 Å². The molecule has 0 aliphatic carbocycles. The molecule has 1 rings (SSSR count). The number of rotatable bonds is 0. The van der Waals surface area contributed by atoms with Gasteiger partial charge in [-0.3, -0.25) is 0 Å². The van der Waals surface area contributed by atoms with Gasteiger partial charge in [0.25, 0.3) is 0 Å². The number of hydrogen-bond donors (Lipinski definition) is 0. The van der Waals surface area contributed by atoms with Gasteiger partial charge in [0.15, 0.2) is 0 Å². The van der Waals surface area contributed by atoms with Gasteiger partial charge in [0.1, 0.15) is 0 Å². The first-order valence-corrected chi connectivity index (χ1v) is 1.51. The Morgan fingerprint density at radius 1 is 1.80 bits per heavy atom. The van der Waals surface area contributed by atoms with Gasteiger partial charge in [0.05, 0.1) is 12.7 Å². The summed E-state index contributed by atoms with van der Waals surface area (Å²) in [6, 6.07) is 0. The molecular weight excluding hydrogens is 174 g/mol. The van der Waals surface area contributed by atoms with E-state index in [0.29, 0.717) is 6.10 Å². The predicted molar refractivity (Wildman–Crippen MR) is 25.4 cm³/mol. The summed E-state index contributed by atoms with van der Waals surface area (Å²) in [7, 11) is 0. The van der Waals surface area contributed by atoms with Crippen molar-refractivity contribution in [3.8, 4) is 0 Å². The van der Waals surface area contributed by atoms with Gasteiger partial charge in [0, 0.05) is 0 Å². The van der Waals surface area contributed by atoms with Crippen molar-refractivity contribution in [3.05, 3.63) is 0 Å². The quantitative estimate of drug-likeness (QED) is 0.354. The van der Waals surface area contributed by atoms with Crippen LogP contribution in [0.5, 0.6) is 0 Å². The van der Waals surface area contributed by atoms with Gasteiger partial charge in [-0.1, -0.05) is 0 Å². The van der Waals surface area contributed by atoms with Crippen molar-refractivity contribution in [1.82, 2.24) is 0 Å². The van der Waals surface area contributed by atoms with Crippen LogP contribution >= 0.6 is 0 Å². The van der Waals surface area contributed by atoms with Gasteiger partial charge in [-0.2, -0.15) is 0 Å². The molecule has 1 unspecified atom stereocenters. The first kappa shape index (κ1) is 5.78. The Morgan fingerprint density at radius 3 is 2.00 bits per heavy atom. The fourth-order valence-electron chi connectivity index (χ4n) is 0.0962. The number of ether oxygens (including phenoxy) is 1. The van der Waals surface area contributed by atoms with Crippen LogP contribution in [-0.4, -0.2) is 37.1 Å². The Hall–Kier alpha value is 0.778. The number of epoxide rings is 1. The summed E-state index contributed by atoms with van der Waals surface area (Å²) < 4.78 is 4.71. The average molecular weight is 183 g/mol. The molecule has 1 aliphatic rings. The van der Waals surface area contributed by atoms with Crippen molar-refractivity contribution < 1.29 is 4.74 Å². The van der Waals surface area contributed by atoms with Crippen molar-refractivity contribution >= 4 is 24.4 Å². The van der Waals surface area contributed by atoms with E-state index in [9.17, 15) is 0 Å². The molecule has 0 aromatic heterocycles. The summed E-state index contributed by atoms with van der Waals surface area (Å²) in [6.45, 7) is 3.04. The topological polar surface area (TPSA) is 12.5 Å². The molecule has 2 heteroatoms. The molecule has 1 saturated heterocycles. The molecule has 0 spiro atoms. The molecule has 1 atom stereocenters. The van der Waals surface area contributed by atoms with E-state index in [0.717, 1.165) is 6.61 Å². The second-order valence-corrected chi connectivity index (χ2v) is 1.14. The molecule has 0 N–H and O–H groups in total. The van der Waals surface area contributed by atoms with Gasteiger partial charge >= 0.3 is 24.4 Å². The summed E-state index contributed by atoms with van der Waals surface area (Å²) in [5.41, 5.74) is 0. The fraction of sp³-hybridized carbons (Fsp3) is 1.00. The van der Waals surface area contributed by atoms with E-state index >= 15 is 0 Å². The monoisotopic (exact) mass is 182 g/mol. The van der Waals surface area contributed by atoms with Gasteiger partial charge in [-0.15, -0.1) is 0 Å². The Kier molecular flexibility index (Phi) is 2.36. The van der Waals surface area contributed by atoms with Crippen LogP contribution in [-0.2, 0) is 4.74 Å². The minimum absolute atomic E-state index is 0. The third-order valence-electron chi connectivity index (χ3n) is 0.500. The van der Waals surface area contributed by atoms with E-state index in [1.54, 1.807) is 0 Å². The predicted octanol–water partition coefficient (Wildman–Crippen LogP) is -0.779. The maximum absolute atomic E-state index is 4.71. The standard InChI is InChI=1S/C3H6O.Sb.3H/c1-3-2-4-3;;;;/h3H,2H2,1H3;;;;. The van der Waals surface area contributed by atoms with E-state index < -0.39 is 0 Å². The Bertz CT molecular complexity index is 26.1. The minimum atomic E-state index is 0. The first-order valence-electron chi connectivity index (χ1n) is 1.51. The average Bonchev–Trinajstić information content (AvgIpc) is 1.75. The maximum atomic E-state index is 4.71. The summed E-state index contributed by atoms with van der Waals surface area (Å²) in [5.74, 6) is 0. The van der Waals surface area contributed by atoms with Crippen LogP contribution in [0.1, 0.15) is 6.92 Å². The molecule has 1 fully saturated rings. The molecule has 0 aromatic rings. The summed E-state index contributed by atoms with van der Waals surface area (Å²) in [4.78, 5) is 0. The molecule has 0 radical (unpaired) electrons.